The zero-order valence-electron chi connectivity index (χ0n) is 47.9. The first kappa shape index (κ1) is 72.1. The summed E-state index contributed by atoms with van der Waals surface area (Å²) in [5.74, 6) is -1.59. The van der Waals surface area contributed by atoms with Gasteiger partial charge in [-0.3, -0.25) is 23.4 Å². The molecule has 0 saturated carbocycles. The maximum Gasteiger partial charge on any atom is 0.472 e. The van der Waals surface area contributed by atoms with Crippen LogP contribution in [0.3, 0.4) is 0 Å². The summed E-state index contributed by atoms with van der Waals surface area (Å²) < 4.78 is 39.4. The number of hydrogen-bond acceptors (Lipinski definition) is 10. The van der Waals surface area contributed by atoms with Crippen molar-refractivity contribution in [2.45, 2.75) is 251 Å². The zero-order chi connectivity index (χ0) is 55.5. The standard InChI is InChI=1S/C64H107O11P/c1-4-7-10-13-16-19-22-24-26-28-30-32-34-36-39-41-44-47-50-53-62(66)71-57-61(75-64(68)55-52-49-46-43-40-37-35-33-31-29-27-25-23-20-17-14-11-8-5-2)59-73-76(69,70)72-58-60(56-65)74-63(67)54-51-48-45-42-38-21-18-15-12-9-6-3/h7,10,15-20,24-27,30,32,36,39,44,47,60-61,65H,4-6,8-9,11-14,21-23,28-29,31,33-35,37-38,40-43,45-46,48-59H2,1-3H3,(H,69,70)/b10-7-,18-15-,19-16-,20-17-,26-24-,27-25-,32-30-,39-36-,47-44-. The van der Waals surface area contributed by atoms with Crippen LogP contribution in [0, 0.1) is 0 Å². The summed E-state index contributed by atoms with van der Waals surface area (Å²) in [5.41, 5.74) is 0. The second kappa shape index (κ2) is 57.3. The van der Waals surface area contributed by atoms with Crippen LogP contribution in [0.1, 0.15) is 239 Å². The Morgan fingerprint density at radius 1 is 0.382 bits per heavy atom. The monoisotopic (exact) mass is 1080 g/mol. The Balaban J connectivity index is 4.84. The van der Waals surface area contributed by atoms with Crippen LogP contribution in [-0.2, 0) is 42.2 Å². The third kappa shape index (κ3) is 54.9. The summed E-state index contributed by atoms with van der Waals surface area (Å²) in [7, 11) is -4.77. The van der Waals surface area contributed by atoms with Gasteiger partial charge in [0.25, 0.3) is 0 Å². The summed E-state index contributed by atoms with van der Waals surface area (Å²) in [5, 5.41) is 9.80. The number of aliphatic hydroxyl groups is 1. The Kier molecular flexibility index (Phi) is 54.4. The van der Waals surface area contributed by atoms with Crippen molar-refractivity contribution < 1.29 is 52.2 Å². The molecule has 0 spiro atoms. The van der Waals surface area contributed by atoms with Crippen molar-refractivity contribution in [1.29, 1.82) is 0 Å². The molecule has 76 heavy (non-hydrogen) atoms. The molecule has 0 saturated heterocycles. The fourth-order valence-corrected chi connectivity index (χ4v) is 8.41. The second-order valence-corrected chi connectivity index (χ2v) is 20.9. The Hall–Kier alpha value is -3.86. The highest BCUT2D eigenvalue weighted by atomic mass is 31.2. The first-order valence-corrected chi connectivity index (χ1v) is 31.3. The van der Waals surface area contributed by atoms with Crippen LogP contribution in [0.25, 0.3) is 0 Å². The van der Waals surface area contributed by atoms with Crippen molar-refractivity contribution >= 4 is 25.7 Å². The maximum absolute atomic E-state index is 12.9. The van der Waals surface area contributed by atoms with Gasteiger partial charge in [-0.2, -0.15) is 0 Å². The molecule has 0 aliphatic rings. The van der Waals surface area contributed by atoms with E-state index in [1.54, 1.807) is 0 Å². The number of aliphatic hydroxyl groups excluding tert-OH is 1. The van der Waals surface area contributed by atoms with Crippen LogP contribution in [0.2, 0.25) is 0 Å². The van der Waals surface area contributed by atoms with Crippen LogP contribution in [0.15, 0.2) is 109 Å². The van der Waals surface area contributed by atoms with Crippen LogP contribution >= 0.6 is 7.82 Å². The molecule has 0 aliphatic heterocycles. The van der Waals surface area contributed by atoms with Gasteiger partial charge < -0.3 is 24.2 Å². The Morgan fingerprint density at radius 2 is 0.724 bits per heavy atom. The van der Waals surface area contributed by atoms with Crippen molar-refractivity contribution in [1.82, 2.24) is 0 Å². The number of ether oxygens (including phenoxy) is 3. The SMILES string of the molecule is CC/C=C\C/C=C\C/C=C\C/C=C\C/C=C\C/C=C\CCC(=O)OCC(COP(=O)(O)OCC(CO)OC(=O)CCCCCCC/C=C\CCCC)OC(=O)CCCCCCCCCCC/C=C\C/C=C\CCCCC. The first-order chi connectivity index (χ1) is 37.2. The molecular formula is C64H107O11P. The number of hydrogen-bond donors (Lipinski definition) is 2. The normalized spacial score (nSPS) is 14.1. The number of carbonyl (C=O) groups is 3. The van der Waals surface area contributed by atoms with Crippen LogP contribution in [0.4, 0.5) is 0 Å². The van der Waals surface area contributed by atoms with E-state index >= 15 is 0 Å². The molecule has 0 aromatic carbocycles. The van der Waals surface area contributed by atoms with Gasteiger partial charge in [0.1, 0.15) is 12.7 Å². The van der Waals surface area contributed by atoms with Gasteiger partial charge in [0.2, 0.25) is 0 Å². The molecule has 0 rings (SSSR count). The molecular weight excluding hydrogens is 976 g/mol. The smallest absolute Gasteiger partial charge is 0.462 e. The summed E-state index contributed by atoms with van der Waals surface area (Å²) >= 11 is 0. The van der Waals surface area contributed by atoms with E-state index in [2.05, 4.69) is 118 Å². The molecule has 0 bridgehead atoms. The lowest BCUT2D eigenvalue weighted by Crippen LogP contribution is -2.30. The number of esters is 3. The molecule has 0 heterocycles. The predicted octanol–water partition coefficient (Wildman–Crippen LogP) is 17.8. The minimum absolute atomic E-state index is 0.0956. The molecule has 12 heteroatoms. The first-order valence-electron chi connectivity index (χ1n) is 29.8. The van der Waals surface area contributed by atoms with E-state index in [9.17, 15) is 28.9 Å². The van der Waals surface area contributed by atoms with Gasteiger partial charge in [-0.05, 0) is 109 Å². The van der Waals surface area contributed by atoms with E-state index in [4.69, 9.17) is 23.3 Å². The minimum Gasteiger partial charge on any atom is -0.462 e. The number of rotatable bonds is 54. The Bertz CT molecular complexity index is 1690. The van der Waals surface area contributed by atoms with Gasteiger partial charge in [-0.25, -0.2) is 4.57 Å². The fourth-order valence-electron chi connectivity index (χ4n) is 7.63. The van der Waals surface area contributed by atoms with Crippen molar-refractivity contribution in [2.75, 3.05) is 26.4 Å². The second-order valence-electron chi connectivity index (χ2n) is 19.4. The van der Waals surface area contributed by atoms with Gasteiger partial charge >= 0.3 is 25.7 Å². The van der Waals surface area contributed by atoms with Crippen molar-refractivity contribution in [3.8, 4) is 0 Å². The van der Waals surface area contributed by atoms with Crippen LogP contribution in [0.5, 0.6) is 0 Å². The largest absolute Gasteiger partial charge is 0.472 e. The molecule has 434 valence electrons. The number of phosphoric acid groups is 1. The Labute approximate surface area is 463 Å². The number of unbranched alkanes of at least 4 members (excludes halogenated alkanes) is 19. The zero-order valence-corrected chi connectivity index (χ0v) is 48.8. The van der Waals surface area contributed by atoms with E-state index < -0.39 is 57.8 Å². The molecule has 0 fully saturated rings. The van der Waals surface area contributed by atoms with Crippen LogP contribution < -0.4 is 0 Å². The molecule has 0 aliphatic carbocycles. The number of phosphoric ester groups is 1. The third-order valence-electron chi connectivity index (χ3n) is 12.2. The summed E-state index contributed by atoms with van der Waals surface area (Å²) in [6.45, 7) is 4.37. The van der Waals surface area contributed by atoms with Crippen LogP contribution in [-0.4, -0.2) is 66.5 Å². The quantitative estimate of drug-likeness (QED) is 0.0197. The lowest BCUT2D eigenvalue weighted by Gasteiger charge is -2.21. The molecule has 0 aromatic heterocycles. The summed E-state index contributed by atoms with van der Waals surface area (Å²) in [6, 6.07) is 0. The molecule has 11 nitrogen and oxygen atoms in total. The molecule has 0 aromatic rings. The van der Waals surface area contributed by atoms with E-state index in [1.165, 1.54) is 64.2 Å². The van der Waals surface area contributed by atoms with Gasteiger partial charge in [0.05, 0.1) is 19.8 Å². The maximum atomic E-state index is 12.9. The highest BCUT2D eigenvalue weighted by Crippen LogP contribution is 2.43. The number of allylic oxidation sites excluding steroid dienone is 18. The molecule has 0 radical (unpaired) electrons. The lowest BCUT2D eigenvalue weighted by atomic mass is 10.1. The number of carbonyl (C=O) groups excluding carboxylic acids is 3. The average molecular weight is 1080 g/mol. The summed E-state index contributed by atoms with van der Waals surface area (Å²) in [6.07, 6.45) is 69.2. The average Bonchev–Trinajstić information content (AvgIpc) is 3.41. The van der Waals surface area contributed by atoms with E-state index in [0.717, 1.165) is 116 Å². The van der Waals surface area contributed by atoms with E-state index in [-0.39, 0.29) is 25.9 Å². The molecule has 2 N–H and O–H groups in total. The lowest BCUT2D eigenvalue weighted by molar-refractivity contribution is -0.161. The molecule has 3 unspecified atom stereocenters. The van der Waals surface area contributed by atoms with Crippen molar-refractivity contribution in [3.05, 3.63) is 109 Å². The van der Waals surface area contributed by atoms with Crippen molar-refractivity contribution in [2.24, 2.45) is 0 Å². The van der Waals surface area contributed by atoms with E-state index in [1.807, 2.05) is 12.2 Å². The highest BCUT2D eigenvalue weighted by molar-refractivity contribution is 7.47. The predicted molar refractivity (Wildman–Crippen MR) is 316 cm³/mol. The van der Waals surface area contributed by atoms with Gasteiger partial charge in [0.15, 0.2) is 6.10 Å². The molecule has 3 atom stereocenters. The minimum atomic E-state index is -4.77. The van der Waals surface area contributed by atoms with E-state index in [0.29, 0.717) is 19.3 Å². The van der Waals surface area contributed by atoms with Gasteiger partial charge in [-0.1, -0.05) is 220 Å². The fraction of sp³-hybridized carbons (Fsp3) is 0.672. The Morgan fingerprint density at radius 3 is 1.16 bits per heavy atom. The van der Waals surface area contributed by atoms with Gasteiger partial charge in [0, 0.05) is 19.3 Å². The summed E-state index contributed by atoms with van der Waals surface area (Å²) in [4.78, 5) is 48.5. The topological polar surface area (TPSA) is 155 Å². The molecule has 0 amide bonds. The third-order valence-corrected chi connectivity index (χ3v) is 13.1. The van der Waals surface area contributed by atoms with Crippen molar-refractivity contribution in [3.63, 3.8) is 0 Å². The highest BCUT2D eigenvalue weighted by Gasteiger charge is 2.28. The van der Waals surface area contributed by atoms with Gasteiger partial charge in [-0.15, -0.1) is 0 Å².